The molecule has 0 amide bonds. The van der Waals surface area contributed by atoms with Crippen molar-refractivity contribution in [3.8, 4) is 0 Å². The minimum absolute atomic E-state index is 0.307. The van der Waals surface area contributed by atoms with Crippen LogP contribution in [0.25, 0.3) is 0 Å². The van der Waals surface area contributed by atoms with E-state index in [2.05, 4.69) is 21.8 Å². The van der Waals surface area contributed by atoms with Gasteiger partial charge >= 0.3 is 0 Å². The highest BCUT2D eigenvalue weighted by molar-refractivity contribution is 6.28. The summed E-state index contributed by atoms with van der Waals surface area (Å²) in [6.45, 7) is 6.54. The van der Waals surface area contributed by atoms with E-state index in [1.54, 1.807) is 6.20 Å². The number of anilines is 1. The standard InChI is InChI=1S/C11H16ClN3O/c1-3-9-7-16-5-4-15(9)10-8(2)6-13-11(12)14-10/h6,9H,3-5,7H2,1-2H3. The molecule has 1 fully saturated rings. The van der Waals surface area contributed by atoms with E-state index in [9.17, 15) is 0 Å². The first-order valence-corrected chi connectivity index (χ1v) is 5.93. The van der Waals surface area contributed by atoms with Crippen LogP contribution in [0, 0.1) is 6.92 Å². The van der Waals surface area contributed by atoms with Crippen LogP contribution in [-0.4, -0.2) is 35.8 Å². The first-order chi connectivity index (χ1) is 7.72. The lowest BCUT2D eigenvalue weighted by Crippen LogP contribution is -2.46. The van der Waals surface area contributed by atoms with Crippen LogP contribution in [0.5, 0.6) is 0 Å². The fourth-order valence-electron chi connectivity index (χ4n) is 1.97. The van der Waals surface area contributed by atoms with Gasteiger partial charge in [-0.05, 0) is 24.9 Å². The van der Waals surface area contributed by atoms with Gasteiger partial charge in [-0.15, -0.1) is 0 Å². The third-order valence-electron chi connectivity index (χ3n) is 2.89. The number of nitrogens with zero attached hydrogens (tertiary/aromatic N) is 3. The van der Waals surface area contributed by atoms with Crippen LogP contribution in [0.15, 0.2) is 6.20 Å². The molecular formula is C11H16ClN3O. The van der Waals surface area contributed by atoms with Crippen LogP contribution < -0.4 is 4.90 Å². The van der Waals surface area contributed by atoms with Crippen LogP contribution in [0.1, 0.15) is 18.9 Å². The molecule has 0 bridgehead atoms. The topological polar surface area (TPSA) is 38.2 Å². The molecule has 1 aromatic heterocycles. The van der Waals surface area contributed by atoms with Gasteiger partial charge in [-0.25, -0.2) is 9.97 Å². The molecule has 0 saturated carbocycles. The van der Waals surface area contributed by atoms with Gasteiger partial charge in [0.1, 0.15) is 5.82 Å². The van der Waals surface area contributed by atoms with Crippen molar-refractivity contribution in [2.75, 3.05) is 24.7 Å². The average molecular weight is 242 g/mol. The molecule has 0 N–H and O–H groups in total. The van der Waals surface area contributed by atoms with E-state index in [4.69, 9.17) is 16.3 Å². The van der Waals surface area contributed by atoms with E-state index in [0.717, 1.165) is 37.6 Å². The predicted octanol–water partition coefficient (Wildman–Crippen LogP) is 2.05. The summed E-state index contributed by atoms with van der Waals surface area (Å²) in [6, 6.07) is 0.387. The van der Waals surface area contributed by atoms with Crippen LogP contribution in [0.4, 0.5) is 5.82 Å². The molecular weight excluding hydrogens is 226 g/mol. The Hall–Kier alpha value is -0.870. The second-order valence-corrected chi connectivity index (χ2v) is 4.31. The smallest absolute Gasteiger partial charge is 0.224 e. The number of aromatic nitrogens is 2. The first kappa shape index (κ1) is 11.6. The van der Waals surface area contributed by atoms with Gasteiger partial charge in [-0.3, -0.25) is 0 Å². The van der Waals surface area contributed by atoms with Crippen molar-refractivity contribution in [1.82, 2.24) is 9.97 Å². The number of ether oxygens (including phenoxy) is 1. The highest BCUT2D eigenvalue weighted by atomic mass is 35.5. The molecule has 1 atom stereocenters. The molecule has 0 aliphatic carbocycles. The Morgan fingerprint density at radius 3 is 3.19 bits per heavy atom. The third kappa shape index (κ3) is 2.28. The van der Waals surface area contributed by atoms with Crippen molar-refractivity contribution >= 4 is 17.4 Å². The molecule has 4 nitrogen and oxygen atoms in total. The summed E-state index contributed by atoms with van der Waals surface area (Å²) in [5.74, 6) is 0.940. The van der Waals surface area contributed by atoms with E-state index in [1.807, 2.05) is 6.92 Å². The van der Waals surface area contributed by atoms with E-state index < -0.39 is 0 Å². The van der Waals surface area contributed by atoms with Gasteiger partial charge in [0, 0.05) is 18.3 Å². The van der Waals surface area contributed by atoms with Crippen molar-refractivity contribution in [3.63, 3.8) is 0 Å². The van der Waals surface area contributed by atoms with E-state index in [0.29, 0.717) is 11.3 Å². The molecule has 0 radical (unpaired) electrons. The Morgan fingerprint density at radius 1 is 1.62 bits per heavy atom. The molecule has 0 aromatic carbocycles. The number of halogens is 1. The van der Waals surface area contributed by atoms with E-state index in [1.165, 1.54) is 0 Å². The van der Waals surface area contributed by atoms with E-state index >= 15 is 0 Å². The number of rotatable bonds is 2. The fraction of sp³-hybridized carbons (Fsp3) is 0.636. The molecule has 1 aliphatic rings. The van der Waals surface area contributed by atoms with Gasteiger partial charge in [0.25, 0.3) is 0 Å². The summed E-state index contributed by atoms with van der Waals surface area (Å²) < 4.78 is 5.48. The first-order valence-electron chi connectivity index (χ1n) is 5.56. The molecule has 2 rings (SSSR count). The fourth-order valence-corrected chi connectivity index (χ4v) is 2.10. The zero-order valence-electron chi connectivity index (χ0n) is 9.61. The number of aryl methyl sites for hydroxylation is 1. The lowest BCUT2D eigenvalue weighted by molar-refractivity contribution is 0.0925. The molecule has 1 aliphatic heterocycles. The van der Waals surface area contributed by atoms with Crippen LogP contribution in [0.2, 0.25) is 5.28 Å². The predicted molar refractivity (Wildman–Crippen MR) is 64.0 cm³/mol. The largest absolute Gasteiger partial charge is 0.377 e. The molecule has 2 heterocycles. The van der Waals surface area contributed by atoms with Crippen molar-refractivity contribution in [1.29, 1.82) is 0 Å². The van der Waals surface area contributed by atoms with Crippen LogP contribution >= 0.6 is 11.6 Å². The molecule has 0 spiro atoms. The summed E-state index contributed by atoms with van der Waals surface area (Å²) in [4.78, 5) is 10.6. The Morgan fingerprint density at radius 2 is 2.44 bits per heavy atom. The normalized spacial score (nSPS) is 21.2. The quantitative estimate of drug-likeness (QED) is 0.743. The molecule has 5 heteroatoms. The molecule has 1 unspecified atom stereocenters. The maximum Gasteiger partial charge on any atom is 0.224 e. The van der Waals surface area contributed by atoms with Crippen LogP contribution in [0.3, 0.4) is 0 Å². The summed E-state index contributed by atoms with van der Waals surface area (Å²) in [6.07, 6.45) is 2.81. The highest BCUT2D eigenvalue weighted by Crippen LogP contribution is 2.23. The summed E-state index contributed by atoms with van der Waals surface area (Å²) in [7, 11) is 0. The molecule has 1 aromatic rings. The monoisotopic (exact) mass is 241 g/mol. The maximum atomic E-state index is 5.85. The lowest BCUT2D eigenvalue weighted by atomic mass is 10.1. The van der Waals surface area contributed by atoms with E-state index in [-0.39, 0.29) is 0 Å². The van der Waals surface area contributed by atoms with Crippen molar-refractivity contribution in [3.05, 3.63) is 17.0 Å². The Kier molecular flexibility index (Phi) is 3.61. The number of morpholine rings is 1. The van der Waals surface area contributed by atoms with Crippen molar-refractivity contribution in [2.45, 2.75) is 26.3 Å². The number of hydrogen-bond donors (Lipinski definition) is 0. The van der Waals surface area contributed by atoms with Crippen molar-refractivity contribution in [2.24, 2.45) is 0 Å². The second kappa shape index (κ2) is 4.97. The van der Waals surface area contributed by atoms with Gasteiger partial charge < -0.3 is 9.64 Å². The van der Waals surface area contributed by atoms with Gasteiger partial charge in [-0.1, -0.05) is 6.92 Å². The average Bonchev–Trinajstić information content (AvgIpc) is 2.32. The van der Waals surface area contributed by atoms with Crippen molar-refractivity contribution < 1.29 is 4.74 Å². The van der Waals surface area contributed by atoms with Crippen LogP contribution in [-0.2, 0) is 4.74 Å². The minimum Gasteiger partial charge on any atom is -0.377 e. The Bertz CT molecular complexity index is 372. The Labute approximate surface area is 101 Å². The summed E-state index contributed by atoms with van der Waals surface area (Å²) in [5, 5.41) is 0.307. The summed E-state index contributed by atoms with van der Waals surface area (Å²) in [5.41, 5.74) is 1.06. The third-order valence-corrected chi connectivity index (χ3v) is 3.07. The maximum absolute atomic E-state index is 5.85. The molecule has 88 valence electrons. The highest BCUT2D eigenvalue weighted by Gasteiger charge is 2.24. The van der Waals surface area contributed by atoms with Gasteiger partial charge in [-0.2, -0.15) is 0 Å². The second-order valence-electron chi connectivity index (χ2n) is 3.98. The number of hydrogen-bond acceptors (Lipinski definition) is 4. The molecule has 1 saturated heterocycles. The Balaban J connectivity index is 2.30. The van der Waals surface area contributed by atoms with Gasteiger partial charge in [0.05, 0.1) is 19.3 Å². The zero-order chi connectivity index (χ0) is 11.5. The van der Waals surface area contributed by atoms with Gasteiger partial charge in [0.2, 0.25) is 5.28 Å². The lowest BCUT2D eigenvalue weighted by Gasteiger charge is -2.36. The molecule has 16 heavy (non-hydrogen) atoms. The SMILES string of the molecule is CCC1COCCN1c1nc(Cl)ncc1C. The van der Waals surface area contributed by atoms with Gasteiger partial charge in [0.15, 0.2) is 0 Å². The zero-order valence-corrected chi connectivity index (χ0v) is 10.4. The minimum atomic E-state index is 0.307. The summed E-state index contributed by atoms with van der Waals surface area (Å²) >= 11 is 5.85.